The molecule has 0 spiro atoms. The highest BCUT2D eigenvalue weighted by Gasteiger charge is 2.64. The van der Waals surface area contributed by atoms with E-state index >= 15 is 0 Å². The Bertz CT molecular complexity index is 784. The molecular weight excluding hydrogens is 456 g/mol. The van der Waals surface area contributed by atoms with Crippen LogP contribution in [0.25, 0.3) is 0 Å². The molecule has 4 rings (SSSR count). The van der Waals surface area contributed by atoms with E-state index in [1.807, 2.05) is 0 Å². The zero-order chi connectivity index (χ0) is 26.5. The van der Waals surface area contributed by atoms with Gasteiger partial charge in [0.05, 0.1) is 5.60 Å². The molecule has 0 heterocycles. The molecule has 0 aromatic carbocycles. The van der Waals surface area contributed by atoms with Crippen LogP contribution in [-0.4, -0.2) is 29.7 Å². The van der Waals surface area contributed by atoms with Crippen LogP contribution in [0.3, 0.4) is 0 Å². The molecular formula is C34H58O3. The monoisotopic (exact) mass is 514 g/mol. The molecule has 37 heavy (non-hydrogen) atoms. The summed E-state index contributed by atoms with van der Waals surface area (Å²) in [6, 6.07) is 0. The van der Waals surface area contributed by atoms with Crippen LogP contribution in [0.2, 0.25) is 0 Å². The third kappa shape index (κ3) is 6.24. The van der Waals surface area contributed by atoms with Crippen molar-refractivity contribution in [3.05, 3.63) is 11.6 Å². The van der Waals surface area contributed by atoms with Gasteiger partial charge < -0.3 is 9.84 Å². The number of unbranched alkanes of at least 4 members (excludes halogenated alkanes) is 8. The second kappa shape index (κ2) is 12.7. The Kier molecular flexibility index (Phi) is 10.0. The minimum Gasteiger partial charge on any atom is -0.390 e. The summed E-state index contributed by atoms with van der Waals surface area (Å²) in [6.45, 7) is 11.1. The van der Waals surface area contributed by atoms with Crippen LogP contribution in [0.5, 0.6) is 0 Å². The van der Waals surface area contributed by atoms with Crippen LogP contribution in [0.4, 0.5) is 0 Å². The molecule has 212 valence electrons. The molecule has 3 fully saturated rings. The molecule has 0 saturated heterocycles. The van der Waals surface area contributed by atoms with Crippen LogP contribution < -0.4 is 0 Å². The molecule has 0 bridgehead atoms. The first-order valence-corrected chi connectivity index (χ1v) is 16.3. The van der Waals surface area contributed by atoms with E-state index in [9.17, 15) is 9.90 Å². The number of carbonyl (C=O) groups excluding carboxylic acids is 1. The second-order valence-electron chi connectivity index (χ2n) is 14.2. The Morgan fingerprint density at radius 3 is 2.24 bits per heavy atom. The van der Waals surface area contributed by atoms with Crippen LogP contribution in [-0.2, 0) is 9.53 Å². The van der Waals surface area contributed by atoms with Crippen molar-refractivity contribution in [1.82, 2.24) is 0 Å². The number of rotatable bonds is 14. The summed E-state index contributed by atoms with van der Waals surface area (Å²) in [5.41, 5.74) is 1.24. The molecule has 0 radical (unpaired) electrons. The molecule has 2 unspecified atom stereocenters. The van der Waals surface area contributed by atoms with Gasteiger partial charge in [-0.2, -0.15) is 0 Å². The van der Waals surface area contributed by atoms with Gasteiger partial charge in [0.15, 0.2) is 5.78 Å². The van der Waals surface area contributed by atoms with Crippen molar-refractivity contribution in [3.63, 3.8) is 0 Å². The Labute approximate surface area is 228 Å². The Balaban J connectivity index is 1.27. The number of hydrogen-bond donors (Lipinski definition) is 1. The number of hydrogen-bond acceptors (Lipinski definition) is 3. The van der Waals surface area contributed by atoms with Gasteiger partial charge in [-0.3, -0.25) is 4.79 Å². The van der Waals surface area contributed by atoms with Crippen molar-refractivity contribution in [2.75, 3.05) is 13.2 Å². The number of aliphatic hydroxyl groups is 1. The zero-order valence-corrected chi connectivity index (χ0v) is 24.8. The average Bonchev–Trinajstić information content (AvgIpc) is 3.11. The van der Waals surface area contributed by atoms with Gasteiger partial charge in [0, 0.05) is 19.6 Å². The van der Waals surface area contributed by atoms with Gasteiger partial charge in [-0.15, -0.1) is 0 Å². The highest BCUT2D eigenvalue weighted by Crippen LogP contribution is 2.69. The van der Waals surface area contributed by atoms with Crippen LogP contribution >= 0.6 is 0 Å². The first-order chi connectivity index (χ1) is 17.7. The number of ether oxygens (including phenoxy) is 1. The molecule has 0 aliphatic heterocycles. The molecule has 0 aromatic heterocycles. The van der Waals surface area contributed by atoms with E-state index in [0.717, 1.165) is 51.2 Å². The van der Waals surface area contributed by atoms with E-state index in [0.29, 0.717) is 23.5 Å². The van der Waals surface area contributed by atoms with Gasteiger partial charge in [-0.1, -0.05) is 77.7 Å². The van der Waals surface area contributed by atoms with Gasteiger partial charge in [0.1, 0.15) is 0 Å². The third-order valence-corrected chi connectivity index (χ3v) is 12.0. The molecule has 4 aliphatic carbocycles. The van der Waals surface area contributed by atoms with Crippen molar-refractivity contribution < 1.29 is 14.6 Å². The lowest BCUT2D eigenvalue weighted by Gasteiger charge is -2.61. The maximum atomic E-state index is 12.4. The Morgan fingerprint density at radius 2 is 1.51 bits per heavy atom. The quantitative estimate of drug-likeness (QED) is 0.236. The van der Waals surface area contributed by atoms with Crippen molar-refractivity contribution in [2.45, 2.75) is 149 Å². The predicted octanol–water partition coefficient (Wildman–Crippen LogP) is 8.82. The normalized spacial score (nSPS) is 39.2. The molecule has 0 amide bonds. The number of ketones is 1. The van der Waals surface area contributed by atoms with E-state index in [1.54, 1.807) is 0 Å². The maximum Gasteiger partial charge on any atom is 0.155 e. The fourth-order valence-corrected chi connectivity index (χ4v) is 9.29. The van der Waals surface area contributed by atoms with Gasteiger partial charge in [-0.25, -0.2) is 0 Å². The highest BCUT2D eigenvalue weighted by molar-refractivity contribution is 5.91. The van der Waals surface area contributed by atoms with Crippen LogP contribution in [0.15, 0.2) is 11.6 Å². The van der Waals surface area contributed by atoms with Crippen molar-refractivity contribution in [2.24, 2.45) is 34.5 Å². The summed E-state index contributed by atoms with van der Waals surface area (Å²) in [5, 5.41) is 11.4. The number of allylic oxidation sites excluding steroid dienone is 1. The number of fused-ring (bicyclic) bond motifs is 5. The minimum atomic E-state index is -0.521. The lowest BCUT2D eigenvalue weighted by atomic mass is 9.44. The second-order valence-corrected chi connectivity index (χ2v) is 14.2. The molecule has 3 heteroatoms. The van der Waals surface area contributed by atoms with Gasteiger partial charge in [0.25, 0.3) is 0 Å². The summed E-state index contributed by atoms with van der Waals surface area (Å²) >= 11 is 0. The molecule has 0 aromatic rings. The zero-order valence-electron chi connectivity index (χ0n) is 24.8. The van der Waals surface area contributed by atoms with E-state index in [-0.39, 0.29) is 10.8 Å². The largest absolute Gasteiger partial charge is 0.390 e. The molecule has 3 nitrogen and oxygen atoms in total. The Hall–Kier alpha value is -0.670. The summed E-state index contributed by atoms with van der Waals surface area (Å²) in [7, 11) is 0. The predicted molar refractivity (Wildman–Crippen MR) is 153 cm³/mol. The molecule has 1 N–H and O–H groups in total. The van der Waals surface area contributed by atoms with Gasteiger partial charge in [0.2, 0.25) is 0 Å². The first kappa shape index (κ1) is 29.3. The molecule has 3 saturated carbocycles. The van der Waals surface area contributed by atoms with Crippen molar-refractivity contribution in [3.8, 4) is 0 Å². The topological polar surface area (TPSA) is 46.5 Å². The summed E-state index contributed by atoms with van der Waals surface area (Å²) in [6.07, 6.45) is 23.9. The van der Waals surface area contributed by atoms with E-state index < -0.39 is 5.60 Å². The fourth-order valence-electron chi connectivity index (χ4n) is 9.29. The summed E-state index contributed by atoms with van der Waals surface area (Å²) in [5.74, 6) is 3.12. The van der Waals surface area contributed by atoms with Crippen molar-refractivity contribution in [1.29, 1.82) is 0 Å². The van der Waals surface area contributed by atoms with Crippen molar-refractivity contribution >= 4 is 5.78 Å². The standard InChI is InChI=1S/C34H58O3/c1-5-6-13-22-37-23-14-11-9-7-8-10-12-15-26-24-27-25-28(35)16-19-32(27,2)29-17-20-33(3)30(31(26)29)18-21-34(33,4)36/h25-26,29-31,36H,5-24H2,1-4H3/t26?,29-,30+,31-,32+,33+,34?/m1/s1. The average molecular weight is 515 g/mol. The third-order valence-electron chi connectivity index (χ3n) is 12.0. The molecule has 7 atom stereocenters. The lowest BCUT2D eigenvalue weighted by molar-refractivity contribution is -0.135. The maximum absolute atomic E-state index is 12.4. The van der Waals surface area contributed by atoms with Gasteiger partial charge >= 0.3 is 0 Å². The first-order valence-electron chi connectivity index (χ1n) is 16.3. The smallest absolute Gasteiger partial charge is 0.155 e. The fraction of sp³-hybridized carbons (Fsp3) is 0.912. The highest BCUT2D eigenvalue weighted by atomic mass is 16.5. The van der Waals surface area contributed by atoms with Crippen LogP contribution in [0.1, 0.15) is 143 Å². The lowest BCUT2D eigenvalue weighted by Crippen LogP contribution is -2.56. The number of carbonyl (C=O) groups is 1. The SMILES string of the molecule is CCCCCOCCCCCCCCCC1CC2=CC(=O)CC[C@]2(C)[C@@H]2CC[C@@]3(C)[C@@H](CCC3(C)O)[C@H]12. The Morgan fingerprint density at radius 1 is 0.865 bits per heavy atom. The van der Waals surface area contributed by atoms with E-state index in [4.69, 9.17) is 4.74 Å². The van der Waals surface area contributed by atoms with E-state index in [2.05, 4.69) is 33.8 Å². The van der Waals surface area contributed by atoms with Crippen LogP contribution in [0, 0.1) is 34.5 Å². The minimum absolute atomic E-state index is 0.0637. The van der Waals surface area contributed by atoms with E-state index in [1.165, 1.54) is 89.0 Å². The summed E-state index contributed by atoms with van der Waals surface area (Å²) in [4.78, 5) is 12.4. The molecule has 4 aliphatic rings. The summed E-state index contributed by atoms with van der Waals surface area (Å²) < 4.78 is 5.75. The van der Waals surface area contributed by atoms with Gasteiger partial charge in [-0.05, 0) is 105 Å².